The topological polar surface area (TPSA) is 46.6 Å². The third kappa shape index (κ3) is 3.03. The van der Waals surface area contributed by atoms with Crippen LogP contribution in [-0.2, 0) is 14.8 Å². The highest BCUT2D eigenvalue weighted by Crippen LogP contribution is 2.30. The van der Waals surface area contributed by atoms with Crippen LogP contribution in [0.4, 0.5) is 0 Å². The number of sulfonamides is 1. The van der Waals surface area contributed by atoms with Gasteiger partial charge in [-0.1, -0.05) is 36.4 Å². The Morgan fingerprint density at radius 2 is 1.90 bits per heavy atom. The Bertz CT molecular complexity index is 683. The maximum Gasteiger partial charge on any atom is 0.252 e. The first-order valence-electron chi connectivity index (χ1n) is 6.81. The van der Waals surface area contributed by atoms with E-state index in [9.17, 15) is 8.42 Å². The maximum atomic E-state index is 12.7. The number of hydrogen-bond acceptors (Lipinski definition) is 4. The summed E-state index contributed by atoms with van der Waals surface area (Å²) >= 11 is 1.25. The van der Waals surface area contributed by atoms with Crippen LogP contribution in [0.3, 0.4) is 0 Å². The Kier molecular flexibility index (Phi) is 4.12. The highest BCUT2D eigenvalue weighted by molar-refractivity contribution is 7.91. The zero-order valence-corrected chi connectivity index (χ0v) is 13.3. The van der Waals surface area contributed by atoms with Crippen LogP contribution in [0, 0.1) is 0 Å². The first kappa shape index (κ1) is 14.7. The summed E-state index contributed by atoms with van der Waals surface area (Å²) < 4.78 is 33.1. The van der Waals surface area contributed by atoms with Crippen molar-refractivity contribution in [3.8, 4) is 0 Å². The van der Waals surface area contributed by atoms with Gasteiger partial charge in [0.1, 0.15) is 4.21 Å². The summed E-state index contributed by atoms with van der Waals surface area (Å²) in [5, 5.41) is 1.78. The predicted octanol–water partition coefficient (Wildman–Crippen LogP) is 2.90. The molecule has 0 aliphatic carbocycles. The fourth-order valence-corrected chi connectivity index (χ4v) is 5.16. The van der Waals surface area contributed by atoms with Crippen LogP contribution in [-0.4, -0.2) is 31.9 Å². The number of nitrogens with zero attached hydrogens (tertiary/aromatic N) is 1. The van der Waals surface area contributed by atoms with Crippen molar-refractivity contribution in [2.75, 3.05) is 13.1 Å². The van der Waals surface area contributed by atoms with Crippen LogP contribution < -0.4 is 0 Å². The number of hydrogen-bond donors (Lipinski definition) is 0. The second kappa shape index (κ2) is 5.88. The standard InChI is InChI=1S/C15H17NO3S2/c1-12-10-16(21(17,18)15-8-5-9-20-15)11-14(19-12)13-6-3-2-4-7-13/h2-9,12,14H,10-11H2,1H3. The van der Waals surface area contributed by atoms with Gasteiger partial charge in [0.05, 0.1) is 12.2 Å². The molecule has 0 N–H and O–H groups in total. The van der Waals surface area contributed by atoms with Crippen molar-refractivity contribution in [3.63, 3.8) is 0 Å². The van der Waals surface area contributed by atoms with Crippen molar-refractivity contribution < 1.29 is 13.2 Å². The minimum Gasteiger partial charge on any atom is -0.368 e. The lowest BCUT2D eigenvalue weighted by Crippen LogP contribution is -2.45. The molecular formula is C15H17NO3S2. The van der Waals surface area contributed by atoms with E-state index >= 15 is 0 Å². The lowest BCUT2D eigenvalue weighted by molar-refractivity contribution is -0.0556. The summed E-state index contributed by atoms with van der Waals surface area (Å²) in [6.07, 6.45) is -0.344. The number of rotatable bonds is 3. The Morgan fingerprint density at radius 3 is 2.57 bits per heavy atom. The van der Waals surface area contributed by atoms with E-state index in [-0.39, 0.29) is 12.2 Å². The largest absolute Gasteiger partial charge is 0.368 e. The molecule has 2 heterocycles. The molecule has 1 aliphatic rings. The molecule has 2 aromatic rings. The molecule has 1 aromatic carbocycles. The molecule has 3 rings (SSSR count). The second-order valence-electron chi connectivity index (χ2n) is 5.10. The zero-order valence-electron chi connectivity index (χ0n) is 11.7. The molecule has 0 spiro atoms. The SMILES string of the molecule is CC1CN(S(=O)(=O)c2cccs2)CC(c2ccccc2)O1. The average Bonchev–Trinajstić information content (AvgIpc) is 3.02. The Hall–Kier alpha value is -1.21. The van der Waals surface area contributed by atoms with Gasteiger partial charge in [-0.15, -0.1) is 11.3 Å². The summed E-state index contributed by atoms with van der Waals surface area (Å²) in [5.41, 5.74) is 1.01. The molecular weight excluding hydrogens is 306 g/mol. The Morgan fingerprint density at radius 1 is 1.14 bits per heavy atom. The van der Waals surface area contributed by atoms with E-state index in [2.05, 4.69) is 0 Å². The molecule has 1 fully saturated rings. The van der Waals surface area contributed by atoms with Crippen LogP contribution >= 0.6 is 11.3 Å². The van der Waals surface area contributed by atoms with E-state index in [1.54, 1.807) is 17.5 Å². The number of morpholine rings is 1. The van der Waals surface area contributed by atoms with Gasteiger partial charge in [-0.2, -0.15) is 4.31 Å². The third-order valence-corrected chi connectivity index (χ3v) is 6.69. The fraction of sp³-hybridized carbons (Fsp3) is 0.333. The molecule has 0 bridgehead atoms. The number of ether oxygens (including phenoxy) is 1. The average molecular weight is 323 g/mol. The van der Waals surface area contributed by atoms with E-state index in [1.807, 2.05) is 37.3 Å². The van der Waals surface area contributed by atoms with Crippen molar-refractivity contribution in [3.05, 3.63) is 53.4 Å². The molecule has 2 atom stereocenters. The van der Waals surface area contributed by atoms with Crippen LogP contribution in [0.5, 0.6) is 0 Å². The highest BCUT2D eigenvalue weighted by atomic mass is 32.2. The zero-order chi connectivity index (χ0) is 14.9. The van der Waals surface area contributed by atoms with Crippen LogP contribution in [0.1, 0.15) is 18.6 Å². The molecule has 2 unspecified atom stereocenters. The lowest BCUT2D eigenvalue weighted by Gasteiger charge is -2.35. The van der Waals surface area contributed by atoms with Crippen molar-refractivity contribution in [2.45, 2.75) is 23.3 Å². The molecule has 0 radical (unpaired) electrons. The van der Waals surface area contributed by atoms with Gasteiger partial charge in [0.25, 0.3) is 10.0 Å². The molecule has 21 heavy (non-hydrogen) atoms. The minimum absolute atomic E-state index is 0.126. The number of thiophene rings is 1. The molecule has 1 saturated heterocycles. The molecule has 1 aromatic heterocycles. The molecule has 4 nitrogen and oxygen atoms in total. The first-order chi connectivity index (χ1) is 10.1. The lowest BCUT2D eigenvalue weighted by atomic mass is 10.1. The molecule has 0 amide bonds. The van der Waals surface area contributed by atoms with Gasteiger partial charge >= 0.3 is 0 Å². The Labute approximate surface area is 129 Å². The fourth-order valence-electron chi connectivity index (χ4n) is 2.50. The molecule has 6 heteroatoms. The quantitative estimate of drug-likeness (QED) is 0.872. The van der Waals surface area contributed by atoms with E-state index in [0.29, 0.717) is 17.3 Å². The number of benzene rings is 1. The summed E-state index contributed by atoms with van der Waals surface area (Å²) in [6, 6.07) is 13.2. The van der Waals surface area contributed by atoms with E-state index in [4.69, 9.17) is 4.74 Å². The van der Waals surface area contributed by atoms with Crippen molar-refractivity contribution in [2.24, 2.45) is 0 Å². The van der Waals surface area contributed by atoms with Gasteiger partial charge in [-0.25, -0.2) is 8.42 Å². The summed E-state index contributed by atoms with van der Waals surface area (Å²) in [6.45, 7) is 2.66. The summed E-state index contributed by atoms with van der Waals surface area (Å²) in [4.78, 5) is 0. The molecule has 0 saturated carbocycles. The monoisotopic (exact) mass is 323 g/mol. The predicted molar refractivity (Wildman–Crippen MR) is 82.8 cm³/mol. The maximum absolute atomic E-state index is 12.7. The van der Waals surface area contributed by atoms with E-state index < -0.39 is 10.0 Å². The van der Waals surface area contributed by atoms with Crippen LogP contribution in [0.25, 0.3) is 0 Å². The minimum atomic E-state index is -3.42. The smallest absolute Gasteiger partial charge is 0.252 e. The van der Waals surface area contributed by atoms with Crippen LogP contribution in [0.2, 0.25) is 0 Å². The summed E-state index contributed by atoms with van der Waals surface area (Å²) in [7, 11) is -3.42. The van der Waals surface area contributed by atoms with E-state index in [1.165, 1.54) is 15.6 Å². The Balaban J connectivity index is 1.87. The normalized spacial score (nSPS) is 24.0. The summed E-state index contributed by atoms with van der Waals surface area (Å²) in [5.74, 6) is 0. The first-order valence-corrected chi connectivity index (χ1v) is 9.13. The van der Waals surface area contributed by atoms with Crippen molar-refractivity contribution in [1.82, 2.24) is 4.31 Å². The van der Waals surface area contributed by atoms with Gasteiger partial charge in [-0.05, 0) is 23.9 Å². The van der Waals surface area contributed by atoms with Gasteiger partial charge in [-0.3, -0.25) is 0 Å². The highest BCUT2D eigenvalue weighted by Gasteiger charge is 2.34. The van der Waals surface area contributed by atoms with Crippen molar-refractivity contribution >= 4 is 21.4 Å². The van der Waals surface area contributed by atoms with E-state index in [0.717, 1.165) is 5.56 Å². The third-order valence-electron chi connectivity index (χ3n) is 3.49. The van der Waals surface area contributed by atoms with Gasteiger partial charge in [0.15, 0.2) is 0 Å². The molecule has 1 aliphatic heterocycles. The van der Waals surface area contributed by atoms with Gasteiger partial charge < -0.3 is 4.74 Å². The molecule has 112 valence electrons. The van der Waals surface area contributed by atoms with Crippen LogP contribution in [0.15, 0.2) is 52.1 Å². The second-order valence-corrected chi connectivity index (χ2v) is 8.21. The van der Waals surface area contributed by atoms with Gasteiger partial charge in [0.2, 0.25) is 0 Å². The van der Waals surface area contributed by atoms with Gasteiger partial charge in [0, 0.05) is 13.1 Å². The van der Waals surface area contributed by atoms with Crippen molar-refractivity contribution in [1.29, 1.82) is 0 Å².